The van der Waals surface area contributed by atoms with Crippen LogP contribution in [-0.4, -0.2) is 51.0 Å². The minimum Gasteiger partial charge on any atom is -0.478 e. The van der Waals surface area contributed by atoms with Crippen LogP contribution >= 0.6 is 0 Å². The summed E-state index contributed by atoms with van der Waals surface area (Å²) in [6, 6.07) is 14.8. The number of carboxylic acids is 1. The molecule has 10 nitrogen and oxygen atoms in total. The summed E-state index contributed by atoms with van der Waals surface area (Å²) in [6.45, 7) is -0.0224. The number of hydrogen-bond acceptors (Lipinski definition) is 7. The Hall–Kier alpha value is -4.58. The Balaban J connectivity index is 1.41. The van der Waals surface area contributed by atoms with Crippen molar-refractivity contribution >= 4 is 38.7 Å². The van der Waals surface area contributed by atoms with Crippen molar-refractivity contribution in [1.82, 2.24) is 5.32 Å². The number of furan rings is 1. The number of aromatic carboxylic acids is 1. The van der Waals surface area contributed by atoms with E-state index in [1.54, 1.807) is 36.4 Å². The quantitative estimate of drug-likeness (QED) is 0.266. The minimum absolute atomic E-state index is 0.0286. The number of carbonyl (C=O) groups excluding carboxylic acids is 1. The van der Waals surface area contributed by atoms with Gasteiger partial charge < -0.3 is 24.3 Å². The highest BCUT2D eigenvalue weighted by Gasteiger charge is 2.35. The Morgan fingerprint density at radius 3 is 2.32 bits per heavy atom. The van der Waals surface area contributed by atoms with Crippen LogP contribution in [0.15, 0.2) is 65.1 Å². The highest BCUT2D eigenvalue weighted by atomic mass is 32.2. The molecule has 0 spiro atoms. The summed E-state index contributed by atoms with van der Waals surface area (Å²) in [5, 5.41) is 13.1. The number of fused-ring (bicyclic) bond motifs is 1. The lowest BCUT2D eigenvalue weighted by atomic mass is 10.0. The molecule has 4 aromatic rings. The summed E-state index contributed by atoms with van der Waals surface area (Å²) in [7, 11) is -3.79. The van der Waals surface area contributed by atoms with Crippen LogP contribution in [0, 0.1) is 5.82 Å². The average molecular weight is 581 g/mol. The Labute approximate surface area is 234 Å². The molecular formula is C29H25FN2O8S. The predicted molar refractivity (Wildman–Crippen MR) is 148 cm³/mol. The summed E-state index contributed by atoms with van der Waals surface area (Å²) in [5.74, 6) is -0.499. The lowest BCUT2D eigenvalue weighted by Gasteiger charge is -2.27. The number of halogens is 1. The molecule has 6 rings (SSSR count). The van der Waals surface area contributed by atoms with E-state index in [9.17, 15) is 27.5 Å². The van der Waals surface area contributed by atoms with Gasteiger partial charge in [-0.1, -0.05) is 0 Å². The molecule has 1 aromatic heterocycles. The van der Waals surface area contributed by atoms with E-state index in [1.165, 1.54) is 28.6 Å². The number of carbonyl (C=O) groups is 2. The molecule has 2 N–H and O–H groups in total. The van der Waals surface area contributed by atoms with Crippen LogP contribution in [0.2, 0.25) is 0 Å². The summed E-state index contributed by atoms with van der Waals surface area (Å²) >= 11 is 0. The van der Waals surface area contributed by atoms with Crippen molar-refractivity contribution in [1.29, 1.82) is 0 Å². The third kappa shape index (κ3) is 5.42. The largest absolute Gasteiger partial charge is 0.478 e. The van der Waals surface area contributed by atoms with Crippen molar-refractivity contribution in [3.63, 3.8) is 0 Å². The molecule has 1 saturated heterocycles. The monoisotopic (exact) mass is 580 g/mol. The fourth-order valence-corrected chi connectivity index (χ4v) is 5.92. The number of benzene rings is 3. The van der Waals surface area contributed by atoms with Crippen LogP contribution in [0.1, 0.15) is 34.7 Å². The first-order valence-electron chi connectivity index (χ1n) is 12.9. The first-order valence-corrected chi connectivity index (χ1v) is 14.7. The maximum atomic E-state index is 13.2. The number of nitrogens with one attached hydrogen (secondary N) is 1. The molecule has 12 heteroatoms. The zero-order chi connectivity index (χ0) is 28.9. The molecule has 2 aliphatic rings. The zero-order valence-corrected chi connectivity index (χ0v) is 22.6. The molecule has 1 amide bonds. The maximum Gasteiger partial charge on any atom is 0.407 e. The van der Waals surface area contributed by atoms with Crippen molar-refractivity contribution in [2.75, 3.05) is 23.7 Å². The second-order valence-electron chi connectivity index (χ2n) is 10.1. The SMILES string of the molecule is CS(=O)(=O)N(CC1COC(=O)N1)c1cc2oc(-c3ccc(Oc4ccc(F)cc4)cc3)c(C(=O)O)c2cc1C1CC1. The summed E-state index contributed by atoms with van der Waals surface area (Å²) < 4.78 is 57.0. The van der Waals surface area contributed by atoms with Crippen molar-refractivity contribution < 1.29 is 41.4 Å². The fraction of sp³-hybridized carbons (Fsp3) is 0.241. The molecule has 1 aliphatic heterocycles. The Morgan fingerprint density at radius 2 is 1.76 bits per heavy atom. The van der Waals surface area contributed by atoms with Gasteiger partial charge in [0.25, 0.3) is 0 Å². The van der Waals surface area contributed by atoms with E-state index in [4.69, 9.17) is 13.9 Å². The Bertz CT molecular complexity index is 1760. The second kappa shape index (κ2) is 10.1. The fourth-order valence-electron chi connectivity index (χ4n) is 4.95. The van der Waals surface area contributed by atoms with Crippen molar-refractivity contribution in [2.45, 2.75) is 24.8 Å². The first kappa shape index (κ1) is 26.6. The van der Waals surface area contributed by atoms with Gasteiger partial charge in [0.2, 0.25) is 10.0 Å². The zero-order valence-electron chi connectivity index (χ0n) is 21.8. The van der Waals surface area contributed by atoms with Gasteiger partial charge in [-0.05, 0) is 78.9 Å². The van der Waals surface area contributed by atoms with Crippen LogP contribution in [0.5, 0.6) is 11.5 Å². The van der Waals surface area contributed by atoms with E-state index < -0.39 is 28.1 Å². The van der Waals surface area contributed by atoms with Crippen LogP contribution < -0.4 is 14.4 Å². The van der Waals surface area contributed by atoms with Gasteiger partial charge in [-0.2, -0.15) is 0 Å². The number of ether oxygens (including phenoxy) is 2. The van der Waals surface area contributed by atoms with Gasteiger partial charge in [0.05, 0.1) is 24.5 Å². The van der Waals surface area contributed by atoms with Crippen LogP contribution in [0.3, 0.4) is 0 Å². The maximum absolute atomic E-state index is 13.2. The van der Waals surface area contributed by atoms with Crippen LogP contribution in [0.25, 0.3) is 22.3 Å². The van der Waals surface area contributed by atoms with Gasteiger partial charge >= 0.3 is 12.1 Å². The number of hydrogen-bond donors (Lipinski definition) is 2. The van der Waals surface area contributed by atoms with Crippen molar-refractivity contribution in [3.8, 4) is 22.8 Å². The highest BCUT2D eigenvalue weighted by molar-refractivity contribution is 7.92. The lowest BCUT2D eigenvalue weighted by molar-refractivity contribution is 0.0699. The van der Waals surface area contributed by atoms with Gasteiger partial charge in [-0.15, -0.1) is 0 Å². The topological polar surface area (TPSA) is 135 Å². The molecule has 212 valence electrons. The van der Waals surface area contributed by atoms with Crippen LogP contribution in [-0.2, 0) is 14.8 Å². The number of carboxylic acid groups (broad SMARTS) is 1. The van der Waals surface area contributed by atoms with E-state index in [0.717, 1.165) is 19.1 Å². The molecule has 1 saturated carbocycles. The van der Waals surface area contributed by atoms with E-state index in [1.807, 2.05) is 0 Å². The number of rotatable bonds is 9. The van der Waals surface area contributed by atoms with Crippen LogP contribution in [0.4, 0.5) is 14.9 Å². The lowest BCUT2D eigenvalue weighted by Crippen LogP contribution is -2.43. The second-order valence-corrected chi connectivity index (χ2v) is 12.0. The molecule has 3 aromatic carbocycles. The smallest absolute Gasteiger partial charge is 0.407 e. The third-order valence-corrected chi connectivity index (χ3v) is 8.17. The average Bonchev–Trinajstić information content (AvgIpc) is 3.58. The van der Waals surface area contributed by atoms with Gasteiger partial charge in [-0.25, -0.2) is 22.4 Å². The van der Waals surface area contributed by atoms with Crippen molar-refractivity contribution in [2.24, 2.45) is 0 Å². The van der Waals surface area contributed by atoms with E-state index in [2.05, 4.69) is 5.32 Å². The highest BCUT2D eigenvalue weighted by Crippen LogP contribution is 2.48. The summed E-state index contributed by atoms with van der Waals surface area (Å²) in [4.78, 5) is 24.0. The number of nitrogens with zero attached hydrogens (tertiary/aromatic N) is 1. The number of cyclic esters (lactones) is 1. The Morgan fingerprint density at radius 1 is 1.10 bits per heavy atom. The first-order chi connectivity index (χ1) is 19.6. The number of anilines is 1. The molecule has 0 radical (unpaired) electrons. The molecule has 2 fully saturated rings. The number of sulfonamides is 1. The van der Waals surface area contributed by atoms with Crippen molar-refractivity contribution in [3.05, 3.63) is 77.6 Å². The Kier molecular flexibility index (Phi) is 6.57. The normalized spacial score (nSPS) is 16.8. The molecule has 1 unspecified atom stereocenters. The standard InChI is InChI=1S/C29H25FN2O8S/c1-41(36,37)32(14-19-15-38-29(35)31-19)24-13-25-23(12-22(24)16-2-3-16)26(28(33)34)27(40-25)17-4-8-20(9-5-17)39-21-10-6-18(30)7-11-21/h4-13,16,19H,2-3,14-15H2,1H3,(H,31,35)(H,33,34). The number of amides is 1. The minimum atomic E-state index is -3.79. The molecule has 1 atom stereocenters. The van der Waals surface area contributed by atoms with Gasteiger partial charge in [0, 0.05) is 17.0 Å². The third-order valence-electron chi connectivity index (χ3n) is 7.03. The molecule has 2 heterocycles. The molecular weight excluding hydrogens is 555 g/mol. The molecule has 41 heavy (non-hydrogen) atoms. The molecule has 0 bridgehead atoms. The predicted octanol–water partition coefficient (Wildman–Crippen LogP) is 5.48. The number of alkyl carbamates (subject to hydrolysis) is 1. The summed E-state index contributed by atoms with van der Waals surface area (Å²) in [6.07, 6.45) is 2.14. The van der Waals surface area contributed by atoms with Gasteiger partial charge in [0.15, 0.2) is 0 Å². The molecule has 1 aliphatic carbocycles. The summed E-state index contributed by atoms with van der Waals surface area (Å²) in [5.41, 5.74) is 1.73. The van der Waals surface area contributed by atoms with Gasteiger partial charge in [0.1, 0.15) is 40.8 Å². The van der Waals surface area contributed by atoms with E-state index in [0.29, 0.717) is 33.7 Å². The van der Waals surface area contributed by atoms with E-state index >= 15 is 0 Å². The van der Waals surface area contributed by atoms with E-state index in [-0.39, 0.29) is 41.8 Å². The van der Waals surface area contributed by atoms with Gasteiger partial charge in [-0.3, -0.25) is 4.31 Å².